The summed E-state index contributed by atoms with van der Waals surface area (Å²) in [7, 11) is 0. The number of para-hydroxylation sites is 1. The molecule has 1 amide bonds. The van der Waals surface area contributed by atoms with E-state index in [-0.39, 0.29) is 12.0 Å². The fraction of sp³-hybridized carbons (Fsp3) is 0.250. The van der Waals surface area contributed by atoms with Gasteiger partial charge in [0.2, 0.25) is 5.91 Å². The molecule has 3 rings (SSSR count). The third kappa shape index (κ3) is 4.15. The topological polar surface area (TPSA) is 47.6 Å². The molecule has 0 aliphatic carbocycles. The van der Waals surface area contributed by atoms with Gasteiger partial charge in [0.05, 0.1) is 17.3 Å². The molecule has 5 heteroatoms. The molecule has 0 unspecified atom stereocenters. The Morgan fingerprint density at radius 2 is 2.20 bits per heavy atom. The first-order valence-corrected chi connectivity index (χ1v) is 8.64. The highest BCUT2D eigenvalue weighted by atomic mass is 35.5. The first-order valence-electron chi connectivity index (χ1n) is 8.26. The Bertz CT molecular complexity index is 817. The van der Waals surface area contributed by atoms with Crippen LogP contribution in [0.5, 0.6) is 11.5 Å². The van der Waals surface area contributed by atoms with Gasteiger partial charge < -0.3 is 14.8 Å². The maximum atomic E-state index is 12.2. The predicted molar refractivity (Wildman–Crippen MR) is 101 cm³/mol. The number of fused-ring (bicyclic) bond motifs is 1. The number of halogens is 1. The van der Waals surface area contributed by atoms with Crippen molar-refractivity contribution in [1.29, 1.82) is 0 Å². The second-order valence-electron chi connectivity index (χ2n) is 5.87. The van der Waals surface area contributed by atoms with E-state index in [2.05, 4.69) is 5.32 Å². The number of nitrogens with one attached hydrogen (secondary N) is 1. The summed E-state index contributed by atoms with van der Waals surface area (Å²) in [5, 5.41) is 3.26. The van der Waals surface area contributed by atoms with E-state index in [4.69, 9.17) is 21.1 Å². The number of ether oxygens (including phenoxy) is 2. The fourth-order valence-electron chi connectivity index (χ4n) is 2.77. The van der Waals surface area contributed by atoms with Gasteiger partial charge in [0.15, 0.2) is 0 Å². The summed E-state index contributed by atoms with van der Waals surface area (Å²) in [6, 6.07) is 11.0. The molecule has 0 saturated heterocycles. The van der Waals surface area contributed by atoms with E-state index in [1.54, 1.807) is 18.2 Å². The predicted octanol–water partition coefficient (Wildman–Crippen LogP) is 4.71. The van der Waals surface area contributed by atoms with E-state index >= 15 is 0 Å². The minimum atomic E-state index is -0.259. The van der Waals surface area contributed by atoms with Gasteiger partial charge in [0.25, 0.3) is 0 Å². The molecule has 0 radical (unpaired) electrons. The molecule has 0 fully saturated rings. The molecule has 2 aromatic carbocycles. The van der Waals surface area contributed by atoms with Crippen molar-refractivity contribution in [3.63, 3.8) is 0 Å². The van der Waals surface area contributed by atoms with Crippen LogP contribution < -0.4 is 14.8 Å². The normalized spacial score (nSPS) is 15.7. The Kier molecular flexibility index (Phi) is 5.29. The molecule has 4 nitrogen and oxygen atoms in total. The van der Waals surface area contributed by atoms with Crippen LogP contribution in [0.25, 0.3) is 6.08 Å². The second kappa shape index (κ2) is 7.62. The number of anilines is 1. The Morgan fingerprint density at radius 1 is 1.40 bits per heavy atom. The van der Waals surface area contributed by atoms with Crippen LogP contribution in [-0.4, -0.2) is 18.6 Å². The van der Waals surface area contributed by atoms with E-state index in [1.807, 2.05) is 38.1 Å². The maximum Gasteiger partial charge on any atom is 0.248 e. The average molecular weight is 358 g/mol. The van der Waals surface area contributed by atoms with Gasteiger partial charge in [-0.25, -0.2) is 0 Å². The van der Waals surface area contributed by atoms with Gasteiger partial charge in [0.1, 0.15) is 17.6 Å². The molecule has 1 atom stereocenters. The number of carbonyl (C=O) groups is 1. The molecular formula is C20H20ClNO3. The number of benzene rings is 2. The first kappa shape index (κ1) is 17.4. The second-order valence-corrected chi connectivity index (χ2v) is 6.27. The Labute approximate surface area is 152 Å². The third-order valence-corrected chi connectivity index (χ3v) is 4.20. The summed E-state index contributed by atoms with van der Waals surface area (Å²) in [4.78, 5) is 12.2. The van der Waals surface area contributed by atoms with Crippen molar-refractivity contribution in [2.24, 2.45) is 0 Å². The van der Waals surface area contributed by atoms with Crippen molar-refractivity contribution in [2.45, 2.75) is 26.4 Å². The van der Waals surface area contributed by atoms with Gasteiger partial charge in [0, 0.05) is 23.6 Å². The number of carbonyl (C=O) groups excluding carboxylic acids is 1. The van der Waals surface area contributed by atoms with Crippen molar-refractivity contribution < 1.29 is 14.3 Å². The molecule has 1 N–H and O–H groups in total. The smallest absolute Gasteiger partial charge is 0.248 e. The highest BCUT2D eigenvalue weighted by Crippen LogP contribution is 2.35. The lowest BCUT2D eigenvalue weighted by molar-refractivity contribution is -0.111. The van der Waals surface area contributed by atoms with Gasteiger partial charge in [-0.2, -0.15) is 0 Å². The largest absolute Gasteiger partial charge is 0.493 e. The SMILES string of the molecule is CCOc1cc2c(cc1/C=C/C(=O)Nc1ccccc1Cl)O[C@@H](C)C2. The number of hydrogen-bond donors (Lipinski definition) is 1. The molecule has 25 heavy (non-hydrogen) atoms. The van der Waals surface area contributed by atoms with Crippen LogP contribution in [0, 0.1) is 0 Å². The zero-order chi connectivity index (χ0) is 17.8. The van der Waals surface area contributed by atoms with Crippen molar-refractivity contribution >= 4 is 29.3 Å². The van der Waals surface area contributed by atoms with Gasteiger partial charge >= 0.3 is 0 Å². The van der Waals surface area contributed by atoms with E-state index in [1.165, 1.54) is 6.08 Å². The summed E-state index contributed by atoms with van der Waals surface area (Å²) in [5.74, 6) is 1.34. The first-order chi connectivity index (χ1) is 12.1. The quantitative estimate of drug-likeness (QED) is 0.788. The minimum Gasteiger partial charge on any atom is -0.493 e. The van der Waals surface area contributed by atoms with Gasteiger partial charge in [-0.3, -0.25) is 4.79 Å². The Balaban J connectivity index is 1.79. The molecule has 1 aliphatic heterocycles. The van der Waals surface area contributed by atoms with Crippen LogP contribution in [0.15, 0.2) is 42.5 Å². The van der Waals surface area contributed by atoms with Crippen molar-refractivity contribution in [2.75, 3.05) is 11.9 Å². The van der Waals surface area contributed by atoms with Crippen molar-refractivity contribution in [3.8, 4) is 11.5 Å². The summed E-state index contributed by atoms with van der Waals surface area (Å²) < 4.78 is 11.5. The molecule has 0 aromatic heterocycles. The molecule has 0 spiro atoms. The third-order valence-electron chi connectivity index (χ3n) is 3.87. The number of hydrogen-bond acceptors (Lipinski definition) is 3. The van der Waals surface area contributed by atoms with Crippen LogP contribution in [-0.2, 0) is 11.2 Å². The van der Waals surface area contributed by atoms with Gasteiger partial charge in [-0.05, 0) is 44.2 Å². The molecule has 0 saturated carbocycles. The lowest BCUT2D eigenvalue weighted by Crippen LogP contribution is -2.08. The fourth-order valence-corrected chi connectivity index (χ4v) is 2.95. The summed E-state index contributed by atoms with van der Waals surface area (Å²) >= 11 is 6.05. The van der Waals surface area contributed by atoms with E-state index in [0.717, 1.165) is 29.0 Å². The van der Waals surface area contributed by atoms with Gasteiger partial charge in [-0.1, -0.05) is 23.7 Å². The number of amides is 1. The number of rotatable bonds is 5. The lowest BCUT2D eigenvalue weighted by Gasteiger charge is -2.10. The summed E-state index contributed by atoms with van der Waals surface area (Å²) in [6.07, 6.45) is 4.22. The summed E-state index contributed by atoms with van der Waals surface area (Å²) in [5.41, 5.74) is 2.52. The highest BCUT2D eigenvalue weighted by molar-refractivity contribution is 6.33. The molecule has 2 aromatic rings. The van der Waals surface area contributed by atoms with Gasteiger partial charge in [-0.15, -0.1) is 0 Å². The minimum absolute atomic E-state index is 0.159. The lowest BCUT2D eigenvalue weighted by atomic mass is 10.1. The zero-order valence-corrected chi connectivity index (χ0v) is 15.0. The van der Waals surface area contributed by atoms with Crippen LogP contribution in [0.1, 0.15) is 25.0 Å². The highest BCUT2D eigenvalue weighted by Gasteiger charge is 2.21. The standard InChI is InChI=1S/C20H20ClNO3/c1-3-24-18-12-15-10-13(2)25-19(15)11-14(18)8-9-20(23)22-17-7-5-4-6-16(17)21/h4-9,11-13H,3,10H2,1-2H3,(H,22,23)/b9-8+/t13-/m0/s1. The monoisotopic (exact) mass is 357 g/mol. The molecular weight excluding hydrogens is 338 g/mol. The van der Waals surface area contributed by atoms with Crippen molar-refractivity contribution in [1.82, 2.24) is 0 Å². The maximum absolute atomic E-state index is 12.2. The average Bonchev–Trinajstić information content (AvgIpc) is 2.94. The van der Waals surface area contributed by atoms with Crippen LogP contribution in [0.2, 0.25) is 5.02 Å². The van der Waals surface area contributed by atoms with E-state index in [9.17, 15) is 4.79 Å². The summed E-state index contributed by atoms with van der Waals surface area (Å²) in [6.45, 7) is 4.53. The molecule has 0 bridgehead atoms. The van der Waals surface area contributed by atoms with E-state index in [0.29, 0.717) is 17.3 Å². The van der Waals surface area contributed by atoms with Crippen LogP contribution >= 0.6 is 11.6 Å². The van der Waals surface area contributed by atoms with Crippen LogP contribution in [0.3, 0.4) is 0 Å². The Hall–Kier alpha value is -2.46. The Morgan fingerprint density at radius 3 is 2.96 bits per heavy atom. The zero-order valence-electron chi connectivity index (χ0n) is 14.2. The molecule has 130 valence electrons. The van der Waals surface area contributed by atoms with Crippen LogP contribution in [0.4, 0.5) is 5.69 Å². The molecule has 1 heterocycles. The van der Waals surface area contributed by atoms with E-state index < -0.39 is 0 Å². The molecule has 1 aliphatic rings. The van der Waals surface area contributed by atoms with Crippen molar-refractivity contribution in [3.05, 3.63) is 58.6 Å².